The first-order valence-electron chi connectivity index (χ1n) is 6.57. The molecule has 2 aromatic heterocycles. The fourth-order valence-corrected chi connectivity index (χ4v) is 2.78. The molecular formula is C15H11ClN4O2S. The van der Waals surface area contributed by atoms with Crippen molar-refractivity contribution >= 4 is 28.8 Å². The summed E-state index contributed by atoms with van der Waals surface area (Å²) in [4.78, 5) is 24.1. The predicted molar refractivity (Wildman–Crippen MR) is 87.4 cm³/mol. The number of carbonyl (C=O) groups is 1. The van der Waals surface area contributed by atoms with E-state index >= 15 is 0 Å². The van der Waals surface area contributed by atoms with Gasteiger partial charge in [0.25, 0.3) is 5.91 Å². The Kier molecular flexibility index (Phi) is 4.50. The maximum Gasteiger partial charge on any atom is 0.252 e. The van der Waals surface area contributed by atoms with Crippen LogP contribution in [0.15, 0.2) is 42.0 Å². The second-order valence-electron chi connectivity index (χ2n) is 4.51. The third-order valence-electron chi connectivity index (χ3n) is 2.89. The first-order chi connectivity index (χ1) is 11.1. The van der Waals surface area contributed by atoms with E-state index in [4.69, 9.17) is 22.1 Å². The minimum Gasteiger partial charge on any atom is -0.486 e. The first-order valence-corrected chi connectivity index (χ1v) is 7.83. The Morgan fingerprint density at radius 3 is 2.83 bits per heavy atom. The average molecular weight is 347 g/mol. The van der Waals surface area contributed by atoms with Gasteiger partial charge >= 0.3 is 0 Å². The van der Waals surface area contributed by atoms with Crippen molar-refractivity contribution in [1.82, 2.24) is 15.0 Å². The van der Waals surface area contributed by atoms with Crippen LogP contribution in [0.3, 0.4) is 0 Å². The van der Waals surface area contributed by atoms with Gasteiger partial charge < -0.3 is 10.5 Å². The lowest BCUT2D eigenvalue weighted by molar-refractivity contribution is 0.0996. The van der Waals surface area contributed by atoms with Crippen LogP contribution in [0.4, 0.5) is 0 Å². The van der Waals surface area contributed by atoms with Crippen LogP contribution in [0.1, 0.15) is 16.1 Å². The summed E-state index contributed by atoms with van der Waals surface area (Å²) in [7, 11) is 0. The van der Waals surface area contributed by atoms with Crippen molar-refractivity contribution in [3.8, 4) is 16.6 Å². The predicted octanol–water partition coefficient (Wildman–Crippen LogP) is 2.93. The van der Waals surface area contributed by atoms with E-state index in [0.29, 0.717) is 27.3 Å². The monoisotopic (exact) mass is 346 g/mol. The second kappa shape index (κ2) is 6.72. The lowest BCUT2D eigenvalue weighted by atomic mass is 10.2. The molecular weight excluding hydrogens is 336 g/mol. The molecule has 0 fully saturated rings. The maximum absolute atomic E-state index is 11.4. The molecule has 0 saturated carbocycles. The van der Waals surface area contributed by atoms with Crippen molar-refractivity contribution in [3.05, 3.63) is 58.3 Å². The summed E-state index contributed by atoms with van der Waals surface area (Å²) in [5.74, 6) is 0.333. The summed E-state index contributed by atoms with van der Waals surface area (Å²) in [6.07, 6.45) is 3.32. The van der Waals surface area contributed by atoms with Crippen LogP contribution in [-0.4, -0.2) is 20.9 Å². The van der Waals surface area contributed by atoms with Crippen molar-refractivity contribution in [3.63, 3.8) is 0 Å². The Morgan fingerprint density at radius 1 is 1.30 bits per heavy atom. The Balaban J connectivity index is 1.75. The number of halogens is 1. The van der Waals surface area contributed by atoms with Crippen LogP contribution in [0.25, 0.3) is 10.8 Å². The third kappa shape index (κ3) is 3.64. The summed E-state index contributed by atoms with van der Waals surface area (Å²) in [6.45, 7) is 0.200. The molecule has 0 saturated heterocycles. The highest BCUT2D eigenvalue weighted by Crippen LogP contribution is 2.25. The van der Waals surface area contributed by atoms with E-state index in [-0.39, 0.29) is 12.2 Å². The quantitative estimate of drug-likeness (QED) is 0.767. The number of aromatic nitrogens is 3. The highest BCUT2D eigenvalue weighted by Gasteiger charge is 2.12. The number of hydrogen-bond donors (Lipinski definition) is 1. The van der Waals surface area contributed by atoms with E-state index in [9.17, 15) is 4.79 Å². The minimum atomic E-state index is -0.598. The number of hydrogen-bond acceptors (Lipinski definition) is 6. The largest absolute Gasteiger partial charge is 0.486 e. The van der Waals surface area contributed by atoms with Crippen molar-refractivity contribution in [2.45, 2.75) is 6.61 Å². The SMILES string of the molecule is NC(=O)c1cc(Cl)ccc1OCc1csc(-c2ncccn2)n1. The van der Waals surface area contributed by atoms with Crippen molar-refractivity contribution in [1.29, 1.82) is 0 Å². The van der Waals surface area contributed by atoms with E-state index in [1.54, 1.807) is 30.6 Å². The molecule has 0 bridgehead atoms. The fourth-order valence-electron chi connectivity index (χ4n) is 1.86. The number of rotatable bonds is 5. The minimum absolute atomic E-state index is 0.200. The van der Waals surface area contributed by atoms with E-state index in [0.717, 1.165) is 0 Å². The number of benzene rings is 1. The standard InChI is InChI=1S/C15H11ClN4O2S/c16-9-2-3-12(11(6-9)13(17)21)22-7-10-8-23-15(20-10)14-18-4-1-5-19-14/h1-6,8H,7H2,(H2,17,21). The maximum atomic E-state index is 11.4. The summed E-state index contributed by atoms with van der Waals surface area (Å²) in [6, 6.07) is 6.46. The first kappa shape index (κ1) is 15.4. The van der Waals surface area contributed by atoms with Crippen LogP contribution in [0, 0.1) is 0 Å². The second-order valence-corrected chi connectivity index (χ2v) is 5.80. The molecule has 3 aromatic rings. The smallest absolute Gasteiger partial charge is 0.252 e. The molecule has 0 aliphatic rings. The van der Waals surface area contributed by atoms with Gasteiger partial charge in [-0.05, 0) is 24.3 Å². The van der Waals surface area contributed by atoms with Gasteiger partial charge in [-0.3, -0.25) is 4.79 Å². The van der Waals surface area contributed by atoms with E-state index in [2.05, 4.69) is 15.0 Å². The van der Waals surface area contributed by atoms with Gasteiger partial charge in [-0.2, -0.15) is 0 Å². The summed E-state index contributed by atoms with van der Waals surface area (Å²) in [5, 5.41) is 2.98. The molecule has 0 spiro atoms. The Labute approximate surface area is 140 Å². The molecule has 116 valence electrons. The zero-order valence-electron chi connectivity index (χ0n) is 11.8. The molecule has 0 aliphatic carbocycles. The van der Waals surface area contributed by atoms with E-state index in [1.807, 2.05) is 5.38 Å². The molecule has 3 rings (SSSR count). The molecule has 0 aliphatic heterocycles. The Bertz CT molecular complexity index is 839. The number of thiazole rings is 1. The number of nitrogens with zero attached hydrogens (tertiary/aromatic N) is 3. The number of nitrogens with two attached hydrogens (primary N) is 1. The van der Waals surface area contributed by atoms with E-state index in [1.165, 1.54) is 17.4 Å². The number of primary amides is 1. The normalized spacial score (nSPS) is 10.5. The molecule has 2 N–H and O–H groups in total. The van der Waals surface area contributed by atoms with Crippen LogP contribution in [-0.2, 0) is 6.61 Å². The molecule has 23 heavy (non-hydrogen) atoms. The van der Waals surface area contributed by atoms with E-state index < -0.39 is 5.91 Å². The zero-order chi connectivity index (χ0) is 16.2. The molecule has 0 unspecified atom stereocenters. The van der Waals surface area contributed by atoms with Crippen LogP contribution < -0.4 is 10.5 Å². The highest BCUT2D eigenvalue weighted by atomic mass is 35.5. The number of ether oxygens (including phenoxy) is 1. The van der Waals surface area contributed by atoms with Gasteiger partial charge in [0.05, 0.1) is 11.3 Å². The summed E-state index contributed by atoms with van der Waals surface area (Å²) < 4.78 is 5.63. The molecule has 0 radical (unpaired) electrons. The molecule has 0 atom stereocenters. The lowest BCUT2D eigenvalue weighted by Crippen LogP contribution is -2.13. The van der Waals surface area contributed by atoms with Crippen LogP contribution in [0.2, 0.25) is 5.02 Å². The zero-order valence-corrected chi connectivity index (χ0v) is 13.3. The summed E-state index contributed by atoms with van der Waals surface area (Å²) in [5.41, 5.74) is 6.27. The fraction of sp³-hybridized carbons (Fsp3) is 0.0667. The third-order valence-corrected chi connectivity index (χ3v) is 4.01. The van der Waals surface area contributed by atoms with Gasteiger partial charge in [-0.25, -0.2) is 15.0 Å². The van der Waals surface area contributed by atoms with Crippen molar-refractivity contribution < 1.29 is 9.53 Å². The lowest BCUT2D eigenvalue weighted by Gasteiger charge is -2.08. The van der Waals surface area contributed by atoms with Crippen LogP contribution in [0.5, 0.6) is 5.75 Å². The number of carbonyl (C=O) groups excluding carboxylic acids is 1. The Morgan fingerprint density at radius 2 is 2.09 bits per heavy atom. The van der Waals surface area contributed by atoms with Gasteiger partial charge in [0.1, 0.15) is 12.4 Å². The molecule has 2 heterocycles. The van der Waals surface area contributed by atoms with Gasteiger partial charge in [-0.1, -0.05) is 11.6 Å². The molecule has 8 heteroatoms. The molecule has 1 aromatic carbocycles. The van der Waals surface area contributed by atoms with Gasteiger partial charge in [0, 0.05) is 22.8 Å². The summed E-state index contributed by atoms with van der Waals surface area (Å²) >= 11 is 7.28. The molecule has 1 amide bonds. The molecule has 6 nitrogen and oxygen atoms in total. The van der Waals surface area contributed by atoms with Gasteiger partial charge in [0.15, 0.2) is 10.8 Å². The van der Waals surface area contributed by atoms with Crippen molar-refractivity contribution in [2.75, 3.05) is 0 Å². The number of amides is 1. The highest BCUT2D eigenvalue weighted by molar-refractivity contribution is 7.13. The average Bonchev–Trinajstić information content (AvgIpc) is 3.03. The Hall–Kier alpha value is -2.51. The van der Waals surface area contributed by atoms with Gasteiger partial charge in [-0.15, -0.1) is 11.3 Å². The van der Waals surface area contributed by atoms with Crippen LogP contribution >= 0.6 is 22.9 Å². The van der Waals surface area contributed by atoms with Crippen molar-refractivity contribution in [2.24, 2.45) is 5.73 Å². The van der Waals surface area contributed by atoms with Gasteiger partial charge in [0.2, 0.25) is 0 Å². The topological polar surface area (TPSA) is 91.0 Å².